The molecule has 0 bridgehead atoms. The second-order valence-corrected chi connectivity index (χ2v) is 8.33. The first-order valence-electron chi connectivity index (χ1n) is 11.4. The predicted octanol–water partition coefficient (Wildman–Crippen LogP) is -2.23. The Morgan fingerprint density at radius 3 is 1.89 bits per heavy atom. The van der Waals surface area contributed by atoms with E-state index in [-0.39, 0.29) is 18.8 Å². The Morgan fingerprint density at radius 1 is 0.857 bits per heavy atom. The van der Waals surface area contributed by atoms with Crippen LogP contribution in [-0.4, -0.2) is 76.5 Å². The highest BCUT2D eigenvalue weighted by Crippen LogP contribution is 2.10. The van der Waals surface area contributed by atoms with Gasteiger partial charge in [0.2, 0.25) is 23.6 Å². The number of hydrogen-bond acceptors (Lipinski definition) is 8. The largest absolute Gasteiger partial charge is 0.481 e. The molecule has 0 radical (unpaired) electrons. The van der Waals surface area contributed by atoms with E-state index in [0.717, 1.165) is 0 Å². The number of primary amides is 1. The normalized spacial score (nSPS) is 15.1. The van der Waals surface area contributed by atoms with Crippen LogP contribution in [0.5, 0.6) is 0 Å². The molecule has 14 heteroatoms. The minimum Gasteiger partial charge on any atom is -0.481 e. The number of unbranched alkanes of at least 4 members (excludes halogenated alkanes) is 1. The molecule has 0 spiro atoms. The Morgan fingerprint density at radius 2 is 1.40 bits per heavy atom. The highest BCUT2D eigenvalue weighted by Gasteiger charge is 2.32. The number of carbonyl (C=O) groups excluding carboxylic acids is 4. The van der Waals surface area contributed by atoms with Crippen molar-refractivity contribution >= 4 is 35.6 Å². The zero-order valence-electron chi connectivity index (χ0n) is 20.1. The number of rotatable bonds is 18. The van der Waals surface area contributed by atoms with E-state index >= 15 is 0 Å². The average molecular weight is 503 g/mol. The van der Waals surface area contributed by atoms with Gasteiger partial charge in [-0.1, -0.05) is 20.3 Å². The smallest absolute Gasteiger partial charge is 0.326 e. The fourth-order valence-corrected chi connectivity index (χ4v) is 3.10. The molecule has 0 fully saturated rings. The third-order valence-corrected chi connectivity index (χ3v) is 5.39. The van der Waals surface area contributed by atoms with E-state index in [1.807, 2.05) is 0 Å². The zero-order chi connectivity index (χ0) is 27.1. The number of nitrogens with two attached hydrogens (primary N) is 3. The second-order valence-electron chi connectivity index (χ2n) is 8.33. The molecule has 0 aliphatic carbocycles. The molecule has 4 amide bonds. The summed E-state index contributed by atoms with van der Waals surface area (Å²) in [7, 11) is 0. The quantitative estimate of drug-likeness (QED) is 0.0935. The minimum absolute atomic E-state index is 0.127. The molecule has 0 aromatic rings. The number of aliphatic carboxylic acids is 2. The second kappa shape index (κ2) is 16.4. The molecule has 0 heterocycles. The number of hydrogen-bond donors (Lipinski definition) is 8. The van der Waals surface area contributed by atoms with Crippen molar-refractivity contribution in [3.8, 4) is 0 Å². The maximum absolute atomic E-state index is 12.9. The van der Waals surface area contributed by atoms with E-state index in [4.69, 9.17) is 22.3 Å². The van der Waals surface area contributed by atoms with Gasteiger partial charge in [0.05, 0.1) is 12.5 Å². The van der Waals surface area contributed by atoms with E-state index < -0.39 is 72.6 Å². The highest BCUT2D eigenvalue weighted by molar-refractivity contribution is 5.95. The van der Waals surface area contributed by atoms with Gasteiger partial charge in [-0.05, 0) is 38.1 Å². The molecule has 5 atom stereocenters. The fraction of sp³-hybridized carbons (Fsp3) is 0.714. The van der Waals surface area contributed by atoms with Gasteiger partial charge in [0.25, 0.3) is 0 Å². The van der Waals surface area contributed by atoms with Crippen LogP contribution in [0.1, 0.15) is 58.8 Å². The van der Waals surface area contributed by atoms with Crippen LogP contribution in [0, 0.1) is 5.92 Å². The van der Waals surface area contributed by atoms with E-state index in [0.29, 0.717) is 25.8 Å². The minimum atomic E-state index is -1.38. The molecule has 0 aliphatic heterocycles. The molecule has 11 N–H and O–H groups in total. The molecule has 35 heavy (non-hydrogen) atoms. The van der Waals surface area contributed by atoms with Crippen LogP contribution in [-0.2, 0) is 28.8 Å². The summed E-state index contributed by atoms with van der Waals surface area (Å²) in [5.74, 6) is -6.19. The molecule has 0 saturated carbocycles. The number of carbonyl (C=O) groups is 6. The van der Waals surface area contributed by atoms with Gasteiger partial charge in [-0.2, -0.15) is 0 Å². The van der Waals surface area contributed by atoms with Crippen molar-refractivity contribution in [2.24, 2.45) is 23.1 Å². The standard InChI is InChI=1S/C21H38N6O8/c1-3-11(2)17(21(34)35)27-20(33)13(6-4-5-9-22)26-19(32)14(7-8-16(29)30)25-18(31)12(23)10-15(24)28/h11-14,17H,3-10,22-23H2,1-2H3,(H2,24,28)(H,25,31)(H,26,32)(H,27,33)(H,29,30)(H,34,35). The zero-order valence-corrected chi connectivity index (χ0v) is 20.1. The Bertz CT molecular complexity index is 762. The van der Waals surface area contributed by atoms with Gasteiger partial charge in [0, 0.05) is 6.42 Å². The number of carboxylic acids is 2. The van der Waals surface area contributed by atoms with Crippen molar-refractivity contribution in [1.82, 2.24) is 16.0 Å². The van der Waals surface area contributed by atoms with E-state index in [1.165, 1.54) is 0 Å². The topological polar surface area (TPSA) is 257 Å². The number of amides is 4. The van der Waals surface area contributed by atoms with Crippen LogP contribution in [0.15, 0.2) is 0 Å². The van der Waals surface area contributed by atoms with E-state index in [9.17, 15) is 33.9 Å². The summed E-state index contributed by atoms with van der Waals surface area (Å²) >= 11 is 0. The SMILES string of the molecule is CCC(C)C(NC(=O)C(CCCCN)NC(=O)C(CCC(=O)O)NC(=O)C(N)CC(N)=O)C(=O)O. The van der Waals surface area contributed by atoms with Crippen LogP contribution in [0.3, 0.4) is 0 Å². The third kappa shape index (κ3) is 12.7. The van der Waals surface area contributed by atoms with Gasteiger partial charge < -0.3 is 43.4 Å². The Kier molecular flexibility index (Phi) is 14.9. The third-order valence-electron chi connectivity index (χ3n) is 5.39. The van der Waals surface area contributed by atoms with Crippen molar-refractivity contribution in [2.45, 2.75) is 83.0 Å². The molecule has 0 aromatic heterocycles. The predicted molar refractivity (Wildman–Crippen MR) is 124 cm³/mol. The van der Waals surface area contributed by atoms with Gasteiger partial charge >= 0.3 is 11.9 Å². The lowest BCUT2D eigenvalue weighted by Crippen LogP contribution is -2.58. The lowest BCUT2D eigenvalue weighted by molar-refractivity contribution is -0.144. The first kappa shape index (κ1) is 31.7. The van der Waals surface area contributed by atoms with Crippen molar-refractivity contribution in [3.05, 3.63) is 0 Å². The lowest BCUT2D eigenvalue weighted by atomic mass is 9.98. The Balaban J connectivity index is 5.63. The summed E-state index contributed by atoms with van der Waals surface area (Å²) in [6, 6.07) is -5.09. The summed E-state index contributed by atoms with van der Waals surface area (Å²) < 4.78 is 0. The molecule has 14 nitrogen and oxygen atoms in total. The van der Waals surface area contributed by atoms with Crippen molar-refractivity contribution in [1.29, 1.82) is 0 Å². The molecule has 0 rings (SSSR count). The summed E-state index contributed by atoms with van der Waals surface area (Å²) in [6.07, 6.45) is 0.286. The van der Waals surface area contributed by atoms with E-state index in [1.54, 1.807) is 13.8 Å². The molecular weight excluding hydrogens is 464 g/mol. The van der Waals surface area contributed by atoms with Gasteiger partial charge in [-0.3, -0.25) is 24.0 Å². The van der Waals surface area contributed by atoms with Crippen molar-refractivity contribution < 1.29 is 39.0 Å². The highest BCUT2D eigenvalue weighted by atomic mass is 16.4. The molecule has 5 unspecified atom stereocenters. The molecular formula is C21H38N6O8. The van der Waals surface area contributed by atoms with Crippen LogP contribution < -0.4 is 33.2 Å². The van der Waals surface area contributed by atoms with Gasteiger partial charge in [0.15, 0.2) is 0 Å². The summed E-state index contributed by atoms with van der Waals surface area (Å²) in [5, 5.41) is 25.6. The maximum atomic E-state index is 12.9. The van der Waals surface area contributed by atoms with Crippen LogP contribution >= 0.6 is 0 Å². The number of carboxylic acid groups (broad SMARTS) is 2. The fourth-order valence-electron chi connectivity index (χ4n) is 3.10. The molecule has 0 aliphatic rings. The summed E-state index contributed by atoms with van der Waals surface area (Å²) in [6.45, 7) is 3.77. The van der Waals surface area contributed by atoms with Crippen molar-refractivity contribution in [3.63, 3.8) is 0 Å². The summed E-state index contributed by atoms with van der Waals surface area (Å²) in [5.41, 5.74) is 16.1. The first-order chi connectivity index (χ1) is 16.3. The van der Waals surface area contributed by atoms with E-state index in [2.05, 4.69) is 16.0 Å². The van der Waals surface area contributed by atoms with Crippen LogP contribution in [0.4, 0.5) is 0 Å². The van der Waals surface area contributed by atoms with Crippen LogP contribution in [0.25, 0.3) is 0 Å². The Hall–Kier alpha value is -3.26. The lowest BCUT2D eigenvalue weighted by Gasteiger charge is -2.26. The monoisotopic (exact) mass is 502 g/mol. The average Bonchev–Trinajstić information content (AvgIpc) is 2.77. The first-order valence-corrected chi connectivity index (χ1v) is 11.4. The maximum Gasteiger partial charge on any atom is 0.326 e. The van der Waals surface area contributed by atoms with Gasteiger partial charge in [0.1, 0.15) is 18.1 Å². The van der Waals surface area contributed by atoms with Crippen molar-refractivity contribution in [2.75, 3.05) is 6.54 Å². The van der Waals surface area contributed by atoms with Gasteiger partial charge in [-0.15, -0.1) is 0 Å². The number of nitrogens with one attached hydrogen (secondary N) is 3. The molecule has 0 aromatic carbocycles. The van der Waals surface area contributed by atoms with Gasteiger partial charge in [-0.25, -0.2) is 4.79 Å². The van der Waals surface area contributed by atoms with Crippen LogP contribution in [0.2, 0.25) is 0 Å². The molecule has 200 valence electrons. The summed E-state index contributed by atoms with van der Waals surface area (Å²) in [4.78, 5) is 71.7. The Labute approximate surface area is 203 Å². The molecule has 0 saturated heterocycles.